The molecule has 2 aromatic heterocycles. The highest BCUT2D eigenvalue weighted by molar-refractivity contribution is 6.05. The summed E-state index contributed by atoms with van der Waals surface area (Å²) in [5, 5.41) is 0.971. The fourth-order valence-electron chi connectivity index (χ4n) is 3.43. The van der Waals surface area contributed by atoms with Crippen LogP contribution in [0.15, 0.2) is 59.3 Å². The SMILES string of the molecule is Fc1ccccc1[C@@H]1CCN1c1ncnc2c1oc1ccccc12. The summed E-state index contributed by atoms with van der Waals surface area (Å²) in [7, 11) is 0. The smallest absolute Gasteiger partial charge is 0.196 e. The zero-order valence-corrected chi connectivity index (χ0v) is 12.8. The van der Waals surface area contributed by atoms with Crippen LogP contribution in [0.4, 0.5) is 10.2 Å². The molecule has 0 amide bonds. The van der Waals surface area contributed by atoms with E-state index in [1.807, 2.05) is 36.4 Å². The number of hydrogen-bond acceptors (Lipinski definition) is 4. The molecule has 5 heteroatoms. The van der Waals surface area contributed by atoms with Crippen LogP contribution in [-0.2, 0) is 0 Å². The van der Waals surface area contributed by atoms with Gasteiger partial charge in [-0.05, 0) is 24.6 Å². The van der Waals surface area contributed by atoms with Gasteiger partial charge in [-0.3, -0.25) is 0 Å². The van der Waals surface area contributed by atoms with Gasteiger partial charge in [-0.15, -0.1) is 0 Å². The monoisotopic (exact) mass is 319 g/mol. The van der Waals surface area contributed by atoms with E-state index in [1.54, 1.807) is 12.4 Å². The number of aromatic nitrogens is 2. The van der Waals surface area contributed by atoms with E-state index < -0.39 is 0 Å². The number of furan rings is 1. The summed E-state index contributed by atoms with van der Waals surface area (Å²) in [6, 6.07) is 14.7. The normalized spacial score (nSPS) is 17.4. The van der Waals surface area contributed by atoms with Gasteiger partial charge in [0.2, 0.25) is 0 Å². The van der Waals surface area contributed by atoms with Gasteiger partial charge in [-0.1, -0.05) is 30.3 Å². The molecule has 1 fully saturated rings. The minimum atomic E-state index is -0.179. The Morgan fingerprint density at radius 2 is 1.88 bits per heavy atom. The fourth-order valence-corrected chi connectivity index (χ4v) is 3.43. The summed E-state index contributed by atoms with van der Waals surface area (Å²) >= 11 is 0. The van der Waals surface area contributed by atoms with Gasteiger partial charge >= 0.3 is 0 Å². The van der Waals surface area contributed by atoms with E-state index in [1.165, 1.54) is 6.07 Å². The lowest BCUT2D eigenvalue weighted by Gasteiger charge is -2.42. The topological polar surface area (TPSA) is 42.2 Å². The maximum Gasteiger partial charge on any atom is 0.196 e. The molecule has 1 aliphatic rings. The zero-order chi connectivity index (χ0) is 16.1. The van der Waals surface area contributed by atoms with Crippen molar-refractivity contribution in [2.24, 2.45) is 0 Å². The number of nitrogens with zero attached hydrogens (tertiary/aromatic N) is 3. The number of fused-ring (bicyclic) bond motifs is 3. The Morgan fingerprint density at radius 1 is 1.04 bits per heavy atom. The van der Waals surface area contributed by atoms with Gasteiger partial charge in [-0.2, -0.15) is 0 Å². The molecule has 1 aliphatic heterocycles. The van der Waals surface area contributed by atoms with Gasteiger partial charge in [-0.25, -0.2) is 14.4 Å². The van der Waals surface area contributed by atoms with Gasteiger partial charge in [0.25, 0.3) is 0 Å². The Bertz CT molecular complexity index is 1060. The van der Waals surface area contributed by atoms with Crippen LogP contribution in [0.25, 0.3) is 22.1 Å². The van der Waals surface area contributed by atoms with E-state index in [4.69, 9.17) is 4.42 Å². The number of benzene rings is 2. The van der Waals surface area contributed by atoms with E-state index in [0.717, 1.165) is 35.3 Å². The number of para-hydroxylation sites is 1. The van der Waals surface area contributed by atoms with Crippen LogP contribution in [0.1, 0.15) is 18.0 Å². The highest BCUT2D eigenvalue weighted by Gasteiger charge is 2.34. The maximum absolute atomic E-state index is 14.1. The third kappa shape index (κ3) is 1.84. The number of anilines is 1. The second-order valence-electron chi connectivity index (χ2n) is 5.99. The first-order valence-corrected chi connectivity index (χ1v) is 7.96. The van der Waals surface area contributed by atoms with Crippen LogP contribution in [0.3, 0.4) is 0 Å². The molecule has 24 heavy (non-hydrogen) atoms. The van der Waals surface area contributed by atoms with E-state index in [-0.39, 0.29) is 11.9 Å². The fraction of sp³-hybridized carbons (Fsp3) is 0.158. The minimum absolute atomic E-state index is 0.0162. The van der Waals surface area contributed by atoms with Crippen molar-refractivity contribution in [2.75, 3.05) is 11.4 Å². The van der Waals surface area contributed by atoms with E-state index in [9.17, 15) is 4.39 Å². The average molecular weight is 319 g/mol. The highest BCUT2D eigenvalue weighted by atomic mass is 19.1. The molecule has 2 aromatic carbocycles. The molecule has 4 nitrogen and oxygen atoms in total. The molecule has 5 rings (SSSR count). The van der Waals surface area contributed by atoms with Crippen LogP contribution in [0.2, 0.25) is 0 Å². The van der Waals surface area contributed by atoms with Crippen molar-refractivity contribution < 1.29 is 8.81 Å². The maximum atomic E-state index is 14.1. The van der Waals surface area contributed by atoms with Crippen molar-refractivity contribution in [1.29, 1.82) is 0 Å². The standard InChI is InChI=1S/C19H14FN3O/c20-14-7-3-1-5-12(14)15-9-10-23(15)19-18-17(21-11-22-19)13-6-2-4-8-16(13)24-18/h1-8,11,15H,9-10H2/t15-/m0/s1. The zero-order valence-electron chi connectivity index (χ0n) is 12.8. The van der Waals surface area contributed by atoms with Gasteiger partial charge in [0, 0.05) is 17.5 Å². The van der Waals surface area contributed by atoms with Crippen molar-refractivity contribution in [3.8, 4) is 0 Å². The first-order valence-electron chi connectivity index (χ1n) is 7.96. The van der Waals surface area contributed by atoms with Crippen molar-refractivity contribution in [1.82, 2.24) is 9.97 Å². The summed E-state index contributed by atoms with van der Waals surface area (Å²) in [6.07, 6.45) is 2.45. The van der Waals surface area contributed by atoms with Gasteiger partial charge in [0.15, 0.2) is 11.4 Å². The summed E-state index contributed by atoms with van der Waals surface area (Å²) in [6.45, 7) is 0.822. The van der Waals surface area contributed by atoms with Crippen molar-refractivity contribution in [3.05, 3.63) is 66.2 Å². The van der Waals surface area contributed by atoms with Crippen LogP contribution < -0.4 is 4.90 Å². The van der Waals surface area contributed by atoms with E-state index >= 15 is 0 Å². The second kappa shape index (κ2) is 5.03. The first kappa shape index (κ1) is 13.5. The Balaban J connectivity index is 1.66. The largest absolute Gasteiger partial charge is 0.450 e. The molecule has 3 heterocycles. The Morgan fingerprint density at radius 3 is 2.71 bits per heavy atom. The highest BCUT2D eigenvalue weighted by Crippen LogP contribution is 2.41. The third-order valence-corrected chi connectivity index (χ3v) is 4.70. The van der Waals surface area contributed by atoms with E-state index in [0.29, 0.717) is 11.1 Å². The molecule has 1 atom stereocenters. The molecule has 4 aromatic rings. The molecular formula is C19H14FN3O. The van der Waals surface area contributed by atoms with E-state index in [2.05, 4.69) is 14.9 Å². The van der Waals surface area contributed by atoms with Gasteiger partial charge < -0.3 is 9.32 Å². The van der Waals surface area contributed by atoms with Crippen LogP contribution in [-0.4, -0.2) is 16.5 Å². The first-order chi connectivity index (χ1) is 11.8. The molecule has 0 radical (unpaired) electrons. The third-order valence-electron chi connectivity index (χ3n) is 4.70. The quantitative estimate of drug-likeness (QED) is 0.547. The summed E-state index contributed by atoms with van der Waals surface area (Å²) < 4.78 is 20.1. The lowest BCUT2D eigenvalue weighted by Crippen LogP contribution is -2.42. The summed E-state index contributed by atoms with van der Waals surface area (Å²) in [4.78, 5) is 10.9. The van der Waals surface area contributed by atoms with Gasteiger partial charge in [0.1, 0.15) is 23.2 Å². The molecule has 0 spiro atoms. The Labute approximate surface area is 137 Å². The Kier molecular flexibility index (Phi) is 2.82. The molecule has 0 N–H and O–H groups in total. The predicted octanol–water partition coefficient (Wildman–Crippen LogP) is 4.47. The molecule has 0 aliphatic carbocycles. The van der Waals surface area contributed by atoms with Crippen LogP contribution in [0.5, 0.6) is 0 Å². The predicted molar refractivity (Wildman–Crippen MR) is 90.4 cm³/mol. The average Bonchev–Trinajstić information content (AvgIpc) is 2.96. The van der Waals surface area contributed by atoms with Gasteiger partial charge in [0.05, 0.1) is 6.04 Å². The molecule has 0 saturated carbocycles. The number of halogens is 1. The molecule has 0 unspecified atom stereocenters. The number of rotatable bonds is 2. The van der Waals surface area contributed by atoms with Crippen molar-refractivity contribution in [3.63, 3.8) is 0 Å². The minimum Gasteiger partial charge on any atom is -0.450 e. The molecule has 0 bridgehead atoms. The van der Waals surface area contributed by atoms with Crippen LogP contribution in [0, 0.1) is 5.82 Å². The van der Waals surface area contributed by atoms with Crippen molar-refractivity contribution >= 4 is 27.9 Å². The molecule has 1 saturated heterocycles. The lowest BCUT2D eigenvalue weighted by molar-refractivity contribution is 0.439. The summed E-state index contributed by atoms with van der Waals surface area (Å²) in [5.41, 5.74) is 2.96. The Hall–Kier alpha value is -2.95. The van der Waals surface area contributed by atoms with Crippen molar-refractivity contribution in [2.45, 2.75) is 12.5 Å². The molecular weight excluding hydrogens is 305 g/mol. The molecule has 118 valence electrons. The number of hydrogen-bond donors (Lipinski definition) is 0. The summed E-state index contributed by atoms with van der Waals surface area (Å²) in [5.74, 6) is 0.554. The lowest BCUT2D eigenvalue weighted by atomic mass is 9.94. The second-order valence-corrected chi connectivity index (χ2v) is 5.99. The van der Waals surface area contributed by atoms with Crippen LogP contribution >= 0.6 is 0 Å².